The van der Waals surface area contributed by atoms with Crippen LogP contribution in [0.15, 0.2) is 0 Å². The molecule has 1 N–H and O–H groups in total. The normalized spacial score (nSPS) is 14.8. The number of carboxylic acids is 1. The molecule has 0 heterocycles. The highest BCUT2D eigenvalue weighted by Crippen LogP contribution is 2.27. The molecule has 5 nitrogen and oxygen atoms in total. The first-order valence-electron chi connectivity index (χ1n) is 4.09. The van der Waals surface area contributed by atoms with Crippen LogP contribution < -0.4 is 0 Å². The number of carboxylic acid groups (broad SMARTS) is 1. The zero-order valence-corrected chi connectivity index (χ0v) is 9.14. The first kappa shape index (κ1) is 15.2. The highest BCUT2D eigenvalue weighted by molar-refractivity contribution is 7.91. The summed E-state index contributed by atoms with van der Waals surface area (Å²) in [6, 6.07) is 0. The van der Waals surface area contributed by atoms with Crippen LogP contribution in [0.5, 0.6) is 0 Å². The molecule has 0 fully saturated rings. The molecule has 0 spiro atoms. The van der Waals surface area contributed by atoms with Crippen LogP contribution in [-0.4, -0.2) is 50.9 Å². The molecule has 0 rings (SSSR count). The molecule has 9 heteroatoms. The number of halogens is 3. The van der Waals surface area contributed by atoms with Gasteiger partial charge in [-0.2, -0.15) is 13.2 Å². The van der Waals surface area contributed by atoms with Crippen LogP contribution in [0, 0.1) is 5.92 Å². The maximum Gasteiger partial charge on any atom is 0.403 e. The van der Waals surface area contributed by atoms with Crippen LogP contribution in [-0.2, 0) is 19.4 Å². The van der Waals surface area contributed by atoms with Gasteiger partial charge in [0.25, 0.3) is 0 Å². The van der Waals surface area contributed by atoms with Gasteiger partial charge in [-0.05, 0) is 0 Å². The molecule has 0 bridgehead atoms. The Morgan fingerprint density at radius 1 is 1.44 bits per heavy atom. The number of rotatable bonds is 6. The monoisotopic (exact) mass is 264 g/mol. The minimum Gasteiger partial charge on any atom is -0.481 e. The van der Waals surface area contributed by atoms with Crippen LogP contribution in [0.25, 0.3) is 0 Å². The van der Waals surface area contributed by atoms with Crippen LogP contribution in [0.3, 0.4) is 0 Å². The molecule has 0 saturated heterocycles. The fraction of sp³-hybridized carbons (Fsp3) is 0.857. The van der Waals surface area contributed by atoms with Gasteiger partial charge in [0, 0.05) is 7.11 Å². The number of methoxy groups -OCH3 is 1. The van der Waals surface area contributed by atoms with E-state index in [4.69, 9.17) is 5.11 Å². The first-order chi connectivity index (χ1) is 7.10. The second-order valence-electron chi connectivity index (χ2n) is 3.04. The highest BCUT2D eigenvalue weighted by Gasteiger charge is 2.47. The largest absolute Gasteiger partial charge is 0.481 e. The molecule has 1 atom stereocenters. The van der Waals surface area contributed by atoms with Gasteiger partial charge in [-0.25, -0.2) is 8.42 Å². The Morgan fingerprint density at radius 3 is 2.25 bits per heavy atom. The van der Waals surface area contributed by atoms with Crippen molar-refractivity contribution in [3.63, 3.8) is 0 Å². The predicted molar refractivity (Wildman–Crippen MR) is 47.7 cm³/mol. The van der Waals surface area contributed by atoms with Gasteiger partial charge in [0.15, 0.2) is 15.8 Å². The summed E-state index contributed by atoms with van der Waals surface area (Å²) >= 11 is 0. The van der Waals surface area contributed by atoms with Gasteiger partial charge in [0.1, 0.15) is 0 Å². The van der Waals surface area contributed by atoms with Gasteiger partial charge in [0.05, 0.1) is 18.1 Å². The lowest BCUT2D eigenvalue weighted by Crippen LogP contribution is -2.37. The van der Waals surface area contributed by atoms with Crippen molar-refractivity contribution in [1.29, 1.82) is 0 Å². The maximum atomic E-state index is 12.1. The lowest BCUT2D eigenvalue weighted by atomic mass is 10.2. The Kier molecular flexibility index (Phi) is 5.20. The van der Waals surface area contributed by atoms with E-state index in [0.29, 0.717) is 0 Å². The average Bonchev–Trinajstić information content (AvgIpc) is 2.09. The van der Waals surface area contributed by atoms with Crippen molar-refractivity contribution in [3.05, 3.63) is 0 Å². The van der Waals surface area contributed by atoms with E-state index < -0.39 is 39.4 Å². The highest BCUT2D eigenvalue weighted by atomic mass is 32.2. The smallest absolute Gasteiger partial charge is 0.403 e. The third kappa shape index (κ3) is 5.31. The van der Waals surface area contributed by atoms with Gasteiger partial charge >= 0.3 is 12.1 Å². The quantitative estimate of drug-likeness (QED) is 0.746. The number of alkyl halides is 3. The minimum atomic E-state index is -5.08. The average molecular weight is 264 g/mol. The molecule has 0 amide bonds. The van der Waals surface area contributed by atoms with Gasteiger partial charge in [-0.15, -0.1) is 0 Å². The van der Waals surface area contributed by atoms with E-state index in [-0.39, 0.29) is 6.61 Å². The third-order valence-electron chi connectivity index (χ3n) is 1.71. The molecule has 0 aromatic rings. The van der Waals surface area contributed by atoms with E-state index in [1.54, 1.807) is 0 Å². The summed E-state index contributed by atoms with van der Waals surface area (Å²) in [5.41, 5.74) is 0. The summed E-state index contributed by atoms with van der Waals surface area (Å²) < 4.78 is 63.1. The fourth-order valence-corrected chi connectivity index (χ4v) is 2.28. The topological polar surface area (TPSA) is 80.7 Å². The Labute approximate surface area is 90.1 Å². The second-order valence-corrected chi connectivity index (χ2v) is 5.27. The van der Waals surface area contributed by atoms with Gasteiger partial charge in [0.2, 0.25) is 0 Å². The number of carbonyl (C=O) groups is 1. The standard InChI is InChI=1S/C7H11F3O5S/c1-15-2-3-16(13,14)4-5(6(11)12)7(8,9)10/h5H,2-4H2,1H3,(H,11,12). The summed E-state index contributed by atoms with van der Waals surface area (Å²) in [5.74, 6) is -7.19. The van der Waals surface area contributed by atoms with E-state index in [1.807, 2.05) is 0 Å². The van der Waals surface area contributed by atoms with Crippen molar-refractivity contribution >= 4 is 15.8 Å². The molecule has 0 saturated carbocycles. The lowest BCUT2D eigenvalue weighted by molar-refractivity contribution is -0.189. The van der Waals surface area contributed by atoms with Gasteiger partial charge in [-0.1, -0.05) is 0 Å². The van der Waals surface area contributed by atoms with Crippen LogP contribution in [0.2, 0.25) is 0 Å². The van der Waals surface area contributed by atoms with E-state index in [9.17, 15) is 26.4 Å². The zero-order valence-electron chi connectivity index (χ0n) is 8.32. The predicted octanol–water partition coefficient (Wildman–Crippen LogP) is 0.311. The molecule has 96 valence electrons. The van der Waals surface area contributed by atoms with Gasteiger partial charge in [-0.3, -0.25) is 4.79 Å². The van der Waals surface area contributed by atoms with E-state index in [2.05, 4.69) is 4.74 Å². The summed E-state index contributed by atoms with van der Waals surface area (Å²) in [4.78, 5) is 10.3. The Hall–Kier alpha value is -0.830. The molecule has 0 radical (unpaired) electrons. The lowest BCUT2D eigenvalue weighted by Gasteiger charge is -2.15. The van der Waals surface area contributed by atoms with Crippen LogP contribution >= 0.6 is 0 Å². The summed E-state index contributed by atoms with van der Waals surface area (Å²) in [5, 5.41) is 8.28. The number of sulfone groups is 1. The number of hydrogen-bond donors (Lipinski definition) is 1. The molecule has 0 aliphatic carbocycles. The molecule has 16 heavy (non-hydrogen) atoms. The number of hydrogen-bond acceptors (Lipinski definition) is 4. The molecular formula is C7H11F3O5S. The van der Waals surface area contributed by atoms with Gasteiger partial charge < -0.3 is 9.84 Å². The Bertz CT molecular complexity index is 334. The first-order valence-corrected chi connectivity index (χ1v) is 5.91. The van der Waals surface area contributed by atoms with Crippen molar-refractivity contribution in [3.8, 4) is 0 Å². The SMILES string of the molecule is COCCS(=O)(=O)CC(C(=O)O)C(F)(F)F. The molecule has 0 aromatic heterocycles. The van der Waals surface area contributed by atoms with Crippen molar-refractivity contribution in [2.24, 2.45) is 5.92 Å². The molecule has 1 unspecified atom stereocenters. The maximum absolute atomic E-state index is 12.1. The number of aliphatic carboxylic acids is 1. The summed E-state index contributed by atoms with van der Waals surface area (Å²) in [6.45, 7) is -0.271. The summed E-state index contributed by atoms with van der Waals surface area (Å²) in [6.07, 6.45) is -5.08. The van der Waals surface area contributed by atoms with E-state index >= 15 is 0 Å². The zero-order chi connectivity index (χ0) is 13.0. The van der Waals surface area contributed by atoms with Crippen molar-refractivity contribution < 1.29 is 36.2 Å². The van der Waals surface area contributed by atoms with Crippen LogP contribution in [0.1, 0.15) is 0 Å². The summed E-state index contributed by atoms with van der Waals surface area (Å²) in [7, 11) is -2.91. The Balaban J connectivity index is 4.71. The molecule has 0 aliphatic heterocycles. The number of ether oxygens (including phenoxy) is 1. The van der Waals surface area contributed by atoms with Crippen molar-refractivity contribution in [2.75, 3.05) is 25.2 Å². The Morgan fingerprint density at radius 2 is 1.94 bits per heavy atom. The van der Waals surface area contributed by atoms with E-state index in [1.165, 1.54) is 7.11 Å². The second kappa shape index (κ2) is 5.48. The van der Waals surface area contributed by atoms with E-state index in [0.717, 1.165) is 0 Å². The molecule has 0 aliphatic rings. The fourth-order valence-electron chi connectivity index (χ4n) is 0.853. The third-order valence-corrected chi connectivity index (χ3v) is 3.34. The van der Waals surface area contributed by atoms with Crippen LogP contribution in [0.4, 0.5) is 13.2 Å². The minimum absolute atomic E-state index is 0.271. The molecule has 0 aromatic carbocycles. The van der Waals surface area contributed by atoms with Crippen molar-refractivity contribution in [1.82, 2.24) is 0 Å². The van der Waals surface area contributed by atoms with Crippen molar-refractivity contribution in [2.45, 2.75) is 6.18 Å². The molecular weight excluding hydrogens is 253 g/mol.